The van der Waals surface area contributed by atoms with Crippen LogP contribution in [0, 0.1) is 0 Å². The van der Waals surface area contributed by atoms with E-state index in [1.54, 1.807) is 6.21 Å². The zero-order chi connectivity index (χ0) is 21.3. The molecule has 0 heterocycles. The van der Waals surface area contributed by atoms with Crippen LogP contribution in [0.5, 0.6) is 5.75 Å². The fourth-order valence-electron chi connectivity index (χ4n) is 3.37. The fourth-order valence-corrected chi connectivity index (χ4v) is 3.37. The van der Waals surface area contributed by atoms with Gasteiger partial charge in [0.2, 0.25) is 5.91 Å². The van der Waals surface area contributed by atoms with Crippen LogP contribution in [0.25, 0.3) is 10.8 Å². The molecule has 0 atom stereocenters. The number of carbonyl (C=O) groups is 1. The van der Waals surface area contributed by atoms with Gasteiger partial charge in [0.1, 0.15) is 12.4 Å². The number of benzene rings is 4. The number of fused-ring (bicyclic) bond motifs is 1. The lowest BCUT2D eigenvalue weighted by atomic mass is 10.1. The van der Waals surface area contributed by atoms with E-state index in [0.29, 0.717) is 19.4 Å². The highest BCUT2D eigenvalue weighted by Crippen LogP contribution is 2.20. The molecule has 0 saturated heterocycles. The summed E-state index contributed by atoms with van der Waals surface area (Å²) in [5.74, 6) is 0.687. The number of ether oxygens (including phenoxy) is 1. The summed E-state index contributed by atoms with van der Waals surface area (Å²) in [6.07, 6.45) is 2.74. The summed E-state index contributed by atoms with van der Waals surface area (Å²) in [6.45, 7) is 0.506. The number of carbonyl (C=O) groups excluding carboxylic acids is 1. The van der Waals surface area contributed by atoms with Gasteiger partial charge in [-0.15, -0.1) is 0 Å². The van der Waals surface area contributed by atoms with Crippen molar-refractivity contribution in [3.63, 3.8) is 0 Å². The quantitative estimate of drug-likeness (QED) is 0.309. The lowest BCUT2D eigenvalue weighted by Crippen LogP contribution is -2.17. The lowest BCUT2D eigenvalue weighted by Gasteiger charge is -2.09. The van der Waals surface area contributed by atoms with Crippen LogP contribution in [0.1, 0.15) is 23.1 Å². The zero-order valence-corrected chi connectivity index (χ0v) is 17.2. The van der Waals surface area contributed by atoms with Gasteiger partial charge in [0.25, 0.3) is 0 Å². The van der Waals surface area contributed by atoms with E-state index in [-0.39, 0.29) is 5.91 Å². The van der Waals surface area contributed by atoms with Crippen molar-refractivity contribution in [2.75, 3.05) is 0 Å². The van der Waals surface area contributed by atoms with Gasteiger partial charge in [0.15, 0.2) is 0 Å². The molecule has 0 saturated carbocycles. The number of hydrazone groups is 1. The van der Waals surface area contributed by atoms with Crippen LogP contribution in [-0.2, 0) is 17.8 Å². The Balaban J connectivity index is 1.26. The maximum absolute atomic E-state index is 11.9. The first kappa shape index (κ1) is 20.4. The van der Waals surface area contributed by atoms with Gasteiger partial charge in [-0.25, -0.2) is 5.43 Å². The second-order valence-electron chi connectivity index (χ2n) is 7.27. The predicted molar refractivity (Wildman–Crippen MR) is 125 cm³/mol. The summed E-state index contributed by atoms with van der Waals surface area (Å²) in [4.78, 5) is 11.9. The number of amides is 1. The Labute approximate surface area is 182 Å². The Hall–Kier alpha value is -3.92. The summed E-state index contributed by atoms with van der Waals surface area (Å²) < 4.78 is 5.96. The molecule has 0 spiro atoms. The molecular weight excluding hydrogens is 384 g/mol. The molecule has 4 nitrogen and oxygen atoms in total. The van der Waals surface area contributed by atoms with Gasteiger partial charge in [-0.3, -0.25) is 4.79 Å². The van der Waals surface area contributed by atoms with Crippen LogP contribution >= 0.6 is 0 Å². The molecule has 0 aliphatic carbocycles. The second kappa shape index (κ2) is 10.2. The highest BCUT2D eigenvalue weighted by molar-refractivity contribution is 5.85. The van der Waals surface area contributed by atoms with Crippen LogP contribution in [0.2, 0.25) is 0 Å². The van der Waals surface area contributed by atoms with Crippen molar-refractivity contribution in [2.45, 2.75) is 19.4 Å². The Kier molecular flexibility index (Phi) is 6.71. The molecule has 31 heavy (non-hydrogen) atoms. The van der Waals surface area contributed by atoms with Crippen LogP contribution in [-0.4, -0.2) is 12.1 Å². The maximum atomic E-state index is 11.9. The van der Waals surface area contributed by atoms with Crippen molar-refractivity contribution in [1.29, 1.82) is 0 Å². The van der Waals surface area contributed by atoms with Crippen LogP contribution in [0.4, 0.5) is 0 Å². The van der Waals surface area contributed by atoms with Crippen molar-refractivity contribution in [2.24, 2.45) is 5.10 Å². The third kappa shape index (κ3) is 5.80. The fraction of sp³-hybridized carbons (Fsp3) is 0.111. The largest absolute Gasteiger partial charge is 0.489 e. The summed E-state index contributed by atoms with van der Waals surface area (Å²) in [5, 5.41) is 6.46. The number of rotatable bonds is 8. The van der Waals surface area contributed by atoms with Gasteiger partial charge < -0.3 is 4.74 Å². The van der Waals surface area contributed by atoms with E-state index in [1.807, 2.05) is 66.7 Å². The highest BCUT2D eigenvalue weighted by Gasteiger charge is 2.02. The van der Waals surface area contributed by atoms with Crippen molar-refractivity contribution in [1.82, 2.24) is 5.43 Å². The SMILES string of the molecule is O=C(CCc1ccccc1)N/N=C\c1ccc(OCc2cccc3ccccc23)cc1. The molecule has 4 rings (SSSR count). The zero-order valence-electron chi connectivity index (χ0n) is 17.2. The van der Waals surface area contributed by atoms with Crippen LogP contribution in [0.15, 0.2) is 102 Å². The Morgan fingerprint density at radius 2 is 1.58 bits per heavy atom. The molecular formula is C27H24N2O2. The van der Waals surface area contributed by atoms with Gasteiger partial charge in [-0.2, -0.15) is 5.10 Å². The minimum atomic E-state index is -0.102. The number of nitrogens with one attached hydrogen (secondary N) is 1. The number of nitrogens with zero attached hydrogens (tertiary/aromatic N) is 1. The molecule has 0 bridgehead atoms. The number of aryl methyl sites for hydroxylation is 1. The first-order valence-electron chi connectivity index (χ1n) is 10.3. The highest BCUT2D eigenvalue weighted by atomic mass is 16.5. The topological polar surface area (TPSA) is 50.7 Å². The molecule has 154 valence electrons. The van der Waals surface area contributed by atoms with Crippen LogP contribution in [0.3, 0.4) is 0 Å². The third-order valence-electron chi connectivity index (χ3n) is 5.04. The van der Waals surface area contributed by atoms with Crippen molar-refractivity contribution in [3.8, 4) is 5.75 Å². The van der Waals surface area contributed by atoms with E-state index < -0.39 is 0 Å². The molecule has 0 fully saturated rings. The van der Waals surface area contributed by atoms with Gasteiger partial charge in [0.05, 0.1) is 6.21 Å². The lowest BCUT2D eigenvalue weighted by molar-refractivity contribution is -0.121. The van der Waals surface area contributed by atoms with Gasteiger partial charge in [-0.1, -0.05) is 72.8 Å². The molecule has 0 unspecified atom stereocenters. The summed E-state index contributed by atoms with van der Waals surface area (Å²) in [5.41, 5.74) is 5.76. The standard InChI is InChI=1S/C27H24N2O2/c30-27(18-15-21-7-2-1-3-8-21)29-28-19-22-13-16-25(17-14-22)31-20-24-11-6-10-23-9-4-5-12-26(23)24/h1-14,16-17,19H,15,18,20H2,(H,29,30)/b28-19-. The van der Waals surface area contributed by atoms with Crippen molar-refractivity contribution >= 4 is 22.9 Å². The third-order valence-corrected chi connectivity index (χ3v) is 5.04. The van der Waals surface area contributed by atoms with Crippen molar-refractivity contribution < 1.29 is 9.53 Å². The molecule has 1 amide bonds. The Bertz CT molecular complexity index is 1160. The van der Waals surface area contributed by atoms with E-state index in [1.165, 1.54) is 10.8 Å². The molecule has 4 aromatic rings. The Morgan fingerprint density at radius 1 is 0.839 bits per heavy atom. The summed E-state index contributed by atoms with van der Waals surface area (Å²) in [7, 11) is 0. The first-order chi connectivity index (χ1) is 15.3. The van der Waals surface area contributed by atoms with E-state index >= 15 is 0 Å². The minimum Gasteiger partial charge on any atom is -0.489 e. The second-order valence-corrected chi connectivity index (χ2v) is 7.27. The van der Waals surface area contributed by atoms with E-state index in [0.717, 1.165) is 22.4 Å². The van der Waals surface area contributed by atoms with Gasteiger partial charge in [0, 0.05) is 6.42 Å². The molecule has 0 aliphatic heterocycles. The molecule has 4 aromatic carbocycles. The molecule has 1 N–H and O–H groups in total. The number of hydrogen-bond acceptors (Lipinski definition) is 3. The molecule has 0 aromatic heterocycles. The normalized spacial score (nSPS) is 11.0. The molecule has 0 radical (unpaired) electrons. The van der Waals surface area contributed by atoms with Gasteiger partial charge >= 0.3 is 0 Å². The Morgan fingerprint density at radius 3 is 2.42 bits per heavy atom. The molecule has 0 aliphatic rings. The maximum Gasteiger partial charge on any atom is 0.240 e. The summed E-state index contributed by atoms with van der Waals surface area (Å²) >= 11 is 0. The first-order valence-corrected chi connectivity index (χ1v) is 10.3. The van der Waals surface area contributed by atoms with E-state index in [4.69, 9.17) is 4.74 Å². The average molecular weight is 409 g/mol. The monoisotopic (exact) mass is 408 g/mol. The van der Waals surface area contributed by atoms with E-state index in [2.05, 4.69) is 40.9 Å². The van der Waals surface area contributed by atoms with Crippen LogP contribution < -0.4 is 10.2 Å². The molecule has 4 heteroatoms. The van der Waals surface area contributed by atoms with Gasteiger partial charge in [-0.05, 0) is 58.1 Å². The van der Waals surface area contributed by atoms with Crippen molar-refractivity contribution in [3.05, 3.63) is 114 Å². The minimum absolute atomic E-state index is 0.102. The summed E-state index contributed by atoms with van der Waals surface area (Å²) in [6, 6.07) is 32.1. The van der Waals surface area contributed by atoms with E-state index in [9.17, 15) is 4.79 Å². The smallest absolute Gasteiger partial charge is 0.240 e. The predicted octanol–water partition coefficient (Wildman–Crippen LogP) is 5.50. The average Bonchev–Trinajstić information content (AvgIpc) is 2.83. The number of hydrogen-bond donors (Lipinski definition) is 1.